The third kappa shape index (κ3) is 2.90. The van der Waals surface area contributed by atoms with E-state index in [0.717, 1.165) is 30.2 Å². The van der Waals surface area contributed by atoms with Crippen molar-refractivity contribution in [1.82, 2.24) is 0 Å². The van der Waals surface area contributed by atoms with Gasteiger partial charge in [0.15, 0.2) is 6.71 Å². The van der Waals surface area contributed by atoms with E-state index in [1.165, 1.54) is 49.6 Å². The predicted octanol–water partition coefficient (Wildman–Crippen LogP) is 5.52. The fourth-order valence-corrected chi connectivity index (χ4v) is 4.09. The molecule has 1 heteroatoms. The zero-order chi connectivity index (χ0) is 13.6. The van der Waals surface area contributed by atoms with Crippen LogP contribution in [0.3, 0.4) is 0 Å². The molecule has 0 amide bonds. The number of hydrogen-bond donors (Lipinski definition) is 0. The summed E-state index contributed by atoms with van der Waals surface area (Å²) in [6, 6.07) is 0. The summed E-state index contributed by atoms with van der Waals surface area (Å²) in [7, 11) is 0. The molecule has 2 saturated carbocycles. The summed E-state index contributed by atoms with van der Waals surface area (Å²) >= 11 is 0. The second-order valence-electron chi connectivity index (χ2n) is 7.40. The molecule has 3 aliphatic carbocycles. The Morgan fingerprint density at radius 1 is 1.26 bits per heavy atom. The Morgan fingerprint density at radius 2 is 1.84 bits per heavy atom. The van der Waals surface area contributed by atoms with Gasteiger partial charge in [0.05, 0.1) is 0 Å². The molecule has 3 rings (SSSR count). The maximum atomic E-state index is 4.19. The van der Waals surface area contributed by atoms with E-state index in [9.17, 15) is 0 Å². The van der Waals surface area contributed by atoms with Crippen LogP contribution in [-0.2, 0) is 0 Å². The SMILES string of the molecule is C=C1CC1B(CC(C)C1CC=C(C)CC1)C1CC1=C. The molecule has 3 aliphatic rings. The zero-order valence-corrected chi connectivity index (χ0v) is 12.6. The van der Waals surface area contributed by atoms with E-state index in [1.807, 2.05) is 0 Å². The van der Waals surface area contributed by atoms with Crippen molar-refractivity contribution in [3.05, 3.63) is 36.0 Å². The van der Waals surface area contributed by atoms with Crippen molar-refractivity contribution in [3.8, 4) is 0 Å². The zero-order valence-electron chi connectivity index (χ0n) is 12.6. The molecule has 0 spiro atoms. The monoisotopic (exact) mass is 254 g/mol. The van der Waals surface area contributed by atoms with E-state index in [2.05, 4.69) is 33.1 Å². The lowest BCUT2D eigenvalue weighted by atomic mass is 9.37. The molecule has 102 valence electrons. The Labute approximate surface area is 119 Å². The van der Waals surface area contributed by atoms with Gasteiger partial charge in [-0.2, -0.15) is 0 Å². The topological polar surface area (TPSA) is 0 Å². The lowest BCUT2D eigenvalue weighted by Gasteiger charge is -2.28. The van der Waals surface area contributed by atoms with E-state index in [1.54, 1.807) is 5.57 Å². The van der Waals surface area contributed by atoms with E-state index in [-0.39, 0.29) is 0 Å². The van der Waals surface area contributed by atoms with E-state index in [4.69, 9.17) is 0 Å². The first kappa shape index (κ1) is 13.3. The van der Waals surface area contributed by atoms with Crippen molar-refractivity contribution >= 4 is 6.71 Å². The van der Waals surface area contributed by atoms with Crippen LogP contribution in [0.4, 0.5) is 0 Å². The molecule has 0 aromatic carbocycles. The minimum atomic E-state index is 0.840. The van der Waals surface area contributed by atoms with Gasteiger partial charge in [0, 0.05) is 0 Å². The quantitative estimate of drug-likeness (QED) is 0.447. The van der Waals surface area contributed by atoms with Crippen LogP contribution < -0.4 is 0 Å². The fourth-order valence-electron chi connectivity index (χ4n) is 4.09. The Hall–Kier alpha value is -0.715. The summed E-state index contributed by atoms with van der Waals surface area (Å²) in [5, 5.41) is 0. The second kappa shape index (κ2) is 5.00. The van der Waals surface area contributed by atoms with Gasteiger partial charge in [0.1, 0.15) is 0 Å². The molecular weight excluding hydrogens is 227 g/mol. The highest BCUT2D eigenvalue weighted by Gasteiger charge is 2.48. The van der Waals surface area contributed by atoms with Crippen LogP contribution in [0.5, 0.6) is 0 Å². The van der Waals surface area contributed by atoms with Crippen LogP contribution in [0.15, 0.2) is 36.0 Å². The second-order valence-corrected chi connectivity index (χ2v) is 7.40. The number of rotatable bonds is 5. The van der Waals surface area contributed by atoms with E-state index >= 15 is 0 Å². The van der Waals surface area contributed by atoms with E-state index < -0.39 is 0 Å². The molecule has 0 bridgehead atoms. The molecule has 4 unspecified atom stereocenters. The number of hydrogen-bond acceptors (Lipinski definition) is 0. The van der Waals surface area contributed by atoms with E-state index in [0.29, 0.717) is 0 Å². The van der Waals surface area contributed by atoms with Crippen LogP contribution >= 0.6 is 0 Å². The molecule has 0 aromatic heterocycles. The van der Waals surface area contributed by atoms with Gasteiger partial charge in [-0.25, -0.2) is 0 Å². The highest BCUT2D eigenvalue weighted by molar-refractivity contribution is 6.66. The van der Waals surface area contributed by atoms with Crippen LogP contribution in [0.25, 0.3) is 0 Å². The molecule has 0 aromatic rings. The van der Waals surface area contributed by atoms with Crippen molar-refractivity contribution < 1.29 is 0 Å². The lowest BCUT2D eigenvalue weighted by molar-refractivity contribution is 0.348. The smallest absolute Gasteiger partial charge is 0.100 e. The first-order valence-electron chi connectivity index (χ1n) is 8.07. The van der Waals surface area contributed by atoms with Gasteiger partial charge in [-0.15, -0.1) is 13.2 Å². The summed E-state index contributed by atoms with van der Waals surface area (Å²) in [5.74, 6) is 3.47. The van der Waals surface area contributed by atoms with Gasteiger partial charge in [-0.05, 0) is 62.5 Å². The van der Waals surface area contributed by atoms with Crippen molar-refractivity contribution in [2.24, 2.45) is 11.8 Å². The summed E-state index contributed by atoms with van der Waals surface area (Å²) in [5.41, 5.74) is 4.62. The standard InChI is InChI=1S/C18H27B/c1-12-5-7-16(8-6-12)15(4)11-19(17-9-13(17)2)18-10-14(18)3/h5,15-18H,2-3,6-11H2,1,4H3. The van der Waals surface area contributed by atoms with Crippen LogP contribution in [0.1, 0.15) is 46.0 Å². The highest BCUT2D eigenvalue weighted by atomic mass is 14.4. The Kier molecular flexibility index (Phi) is 3.49. The third-order valence-corrected chi connectivity index (χ3v) is 5.85. The molecule has 0 heterocycles. The fraction of sp³-hybridized carbons (Fsp3) is 0.667. The Bertz CT molecular complexity index is 409. The first-order chi connectivity index (χ1) is 9.06. The van der Waals surface area contributed by atoms with Gasteiger partial charge in [-0.1, -0.05) is 36.0 Å². The molecule has 0 N–H and O–H groups in total. The maximum absolute atomic E-state index is 4.19. The summed E-state index contributed by atoms with van der Waals surface area (Å²) < 4.78 is 0. The van der Waals surface area contributed by atoms with Gasteiger partial charge >= 0.3 is 0 Å². The van der Waals surface area contributed by atoms with Crippen molar-refractivity contribution in [3.63, 3.8) is 0 Å². The normalized spacial score (nSPS) is 34.8. The summed E-state index contributed by atoms with van der Waals surface area (Å²) in [4.78, 5) is 0. The minimum Gasteiger partial charge on any atom is -0.100 e. The molecule has 0 aliphatic heterocycles. The maximum Gasteiger partial charge on any atom is 0.156 e. The van der Waals surface area contributed by atoms with Crippen LogP contribution in [0, 0.1) is 11.8 Å². The van der Waals surface area contributed by atoms with Gasteiger partial charge < -0.3 is 0 Å². The minimum absolute atomic E-state index is 0.840. The van der Waals surface area contributed by atoms with Crippen LogP contribution in [-0.4, -0.2) is 6.71 Å². The average Bonchev–Trinajstić information content (AvgIpc) is 3.27. The first-order valence-corrected chi connectivity index (χ1v) is 8.07. The molecule has 19 heavy (non-hydrogen) atoms. The summed E-state index contributed by atoms with van der Waals surface area (Å²) in [6.07, 6.45) is 10.5. The average molecular weight is 254 g/mol. The van der Waals surface area contributed by atoms with Crippen molar-refractivity contribution in [2.75, 3.05) is 0 Å². The van der Waals surface area contributed by atoms with Crippen molar-refractivity contribution in [2.45, 2.75) is 63.9 Å². The predicted molar refractivity (Wildman–Crippen MR) is 85.8 cm³/mol. The van der Waals surface area contributed by atoms with Crippen molar-refractivity contribution in [1.29, 1.82) is 0 Å². The highest BCUT2D eigenvalue weighted by Crippen LogP contribution is 2.58. The molecule has 4 atom stereocenters. The third-order valence-electron chi connectivity index (χ3n) is 5.85. The lowest BCUT2D eigenvalue weighted by Crippen LogP contribution is -2.23. The van der Waals surface area contributed by atoms with Gasteiger partial charge in [0.25, 0.3) is 0 Å². The molecule has 0 saturated heterocycles. The molecular formula is C18H27B. The molecule has 0 nitrogen and oxygen atoms in total. The van der Waals surface area contributed by atoms with Gasteiger partial charge in [-0.3, -0.25) is 0 Å². The summed E-state index contributed by atoms with van der Waals surface area (Å²) in [6.45, 7) is 14.0. The van der Waals surface area contributed by atoms with Crippen LogP contribution in [0.2, 0.25) is 18.0 Å². The number of allylic oxidation sites excluding steroid dienone is 4. The Morgan fingerprint density at radius 3 is 2.26 bits per heavy atom. The van der Waals surface area contributed by atoms with Gasteiger partial charge in [0.2, 0.25) is 0 Å². The molecule has 0 radical (unpaired) electrons. The largest absolute Gasteiger partial charge is 0.156 e. The Balaban J connectivity index is 1.59. The molecule has 2 fully saturated rings.